The first kappa shape index (κ1) is 22.7. The Kier molecular flexibility index (Phi) is 5.97. The van der Waals surface area contributed by atoms with E-state index < -0.39 is 5.31 Å². The van der Waals surface area contributed by atoms with Gasteiger partial charge in [-0.15, -0.1) is 0 Å². The molecule has 0 spiro atoms. The number of anilines is 1. The molecule has 34 heavy (non-hydrogen) atoms. The predicted molar refractivity (Wildman–Crippen MR) is 146 cm³/mol. The Labute approximate surface area is 208 Å². The van der Waals surface area contributed by atoms with E-state index in [1.165, 1.54) is 20.8 Å². The van der Waals surface area contributed by atoms with E-state index in [2.05, 4.69) is 88.3 Å². The van der Waals surface area contributed by atoms with Gasteiger partial charge in [0.1, 0.15) is 0 Å². The van der Waals surface area contributed by atoms with Crippen molar-refractivity contribution < 1.29 is 9.59 Å². The van der Waals surface area contributed by atoms with Crippen LogP contribution >= 0.6 is 20.8 Å². The van der Waals surface area contributed by atoms with E-state index in [-0.39, 0.29) is 24.7 Å². The summed E-state index contributed by atoms with van der Waals surface area (Å²) in [7, 11) is 0. The molecule has 4 aromatic rings. The number of imide groups is 1. The molecule has 1 heterocycles. The standard InChI is InChI=1S/C29H25BrNO2P/c30-34(24-13-4-1-5-14-24,25-15-6-2-7-16-25,26-17-8-3-9-18-26)22-23-12-10-11-19-27(23)31-28(32)20-21-29(31)33/h1-19H,20-22H2. The number of halogens is 1. The monoisotopic (exact) mass is 529 g/mol. The molecule has 0 aliphatic carbocycles. The van der Waals surface area contributed by atoms with Crippen molar-refractivity contribution >= 4 is 54.2 Å². The summed E-state index contributed by atoms with van der Waals surface area (Å²) in [5, 5.41) is 0.332. The third-order valence-electron chi connectivity index (χ3n) is 6.63. The molecular weight excluding hydrogens is 505 g/mol. The van der Waals surface area contributed by atoms with Crippen molar-refractivity contribution in [3.8, 4) is 0 Å². The van der Waals surface area contributed by atoms with Crippen molar-refractivity contribution in [2.45, 2.75) is 19.0 Å². The fourth-order valence-electron chi connectivity index (χ4n) is 4.97. The maximum atomic E-state index is 12.7. The van der Waals surface area contributed by atoms with Gasteiger partial charge in [-0.1, -0.05) is 0 Å². The molecule has 1 aliphatic heterocycles. The summed E-state index contributed by atoms with van der Waals surface area (Å²) in [6, 6.07) is 39.4. The van der Waals surface area contributed by atoms with Gasteiger partial charge >= 0.3 is 209 Å². The average molecular weight is 530 g/mol. The van der Waals surface area contributed by atoms with Crippen LogP contribution in [0.3, 0.4) is 0 Å². The first-order chi connectivity index (χ1) is 16.5. The van der Waals surface area contributed by atoms with E-state index in [9.17, 15) is 9.59 Å². The van der Waals surface area contributed by atoms with Crippen molar-refractivity contribution in [3.05, 3.63) is 121 Å². The van der Waals surface area contributed by atoms with Crippen molar-refractivity contribution in [2.75, 3.05) is 4.90 Å². The van der Waals surface area contributed by atoms with Gasteiger partial charge in [-0.3, -0.25) is 0 Å². The average Bonchev–Trinajstić information content (AvgIpc) is 3.23. The Morgan fingerprint density at radius 3 is 1.41 bits per heavy atom. The topological polar surface area (TPSA) is 37.4 Å². The van der Waals surface area contributed by atoms with Crippen LogP contribution in [0.25, 0.3) is 0 Å². The molecular formula is C29H25BrNO2P. The van der Waals surface area contributed by atoms with Crippen molar-refractivity contribution in [3.63, 3.8) is 0 Å². The van der Waals surface area contributed by atoms with Gasteiger partial charge in [0.15, 0.2) is 0 Å². The molecule has 4 aromatic carbocycles. The molecule has 1 fully saturated rings. The molecule has 1 saturated heterocycles. The van der Waals surface area contributed by atoms with Crippen LogP contribution in [0, 0.1) is 0 Å². The Hall–Kier alpha value is -3.07. The summed E-state index contributed by atoms with van der Waals surface area (Å²) in [4.78, 5) is 26.8. The molecule has 3 nitrogen and oxygen atoms in total. The summed E-state index contributed by atoms with van der Waals surface area (Å²) in [5.41, 5.74) is 1.66. The zero-order chi connectivity index (χ0) is 23.6. The molecule has 5 heteroatoms. The van der Waals surface area contributed by atoms with Crippen LogP contribution in [0.4, 0.5) is 5.69 Å². The Morgan fingerprint density at radius 2 is 0.971 bits per heavy atom. The summed E-state index contributed by atoms with van der Waals surface area (Å²) in [5.74, 6) is -0.266. The van der Waals surface area contributed by atoms with E-state index in [0.717, 1.165) is 5.56 Å². The van der Waals surface area contributed by atoms with E-state index in [4.69, 9.17) is 0 Å². The van der Waals surface area contributed by atoms with E-state index in [1.54, 1.807) is 0 Å². The SMILES string of the molecule is O=C1CCC(=O)N1c1ccccc1CP(Br)(c1ccccc1)(c1ccccc1)c1ccccc1. The molecule has 0 radical (unpaired) electrons. The predicted octanol–water partition coefficient (Wildman–Crippen LogP) is 5.68. The molecule has 0 aromatic heterocycles. The molecule has 2 amide bonds. The maximum absolute atomic E-state index is 12.7. The summed E-state index contributed by atoms with van der Waals surface area (Å²) in [6.45, 7) is 0. The zero-order valence-electron chi connectivity index (χ0n) is 18.7. The van der Waals surface area contributed by atoms with E-state index in [1.807, 2.05) is 42.5 Å². The molecule has 0 N–H and O–H groups in total. The number of hydrogen-bond donors (Lipinski definition) is 0. The van der Waals surface area contributed by atoms with Gasteiger partial charge in [-0.2, -0.15) is 0 Å². The quantitative estimate of drug-likeness (QED) is 0.238. The second-order valence-corrected chi connectivity index (χ2v) is 17.5. The van der Waals surface area contributed by atoms with Gasteiger partial charge in [0.2, 0.25) is 0 Å². The number of rotatable bonds is 6. The third kappa shape index (κ3) is 3.62. The number of carbonyl (C=O) groups excluding carboxylic acids is 2. The van der Waals surface area contributed by atoms with Crippen molar-refractivity contribution in [2.24, 2.45) is 0 Å². The third-order valence-corrected chi connectivity index (χ3v) is 16.1. The fraction of sp³-hybridized carbons (Fsp3) is 0.103. The second kappa shape index (κ2) is 8.94. The zero-order valence-corrected chi connectivity index (χ0v) is 21.2. The molecule has 0 saturated carbocycles. The normalized spacial score (nSPS) is 15.2. The van der Waals surface area contributed by atoms with Gasteiger partial charge in [-0.05, 0) is 0 Å². The van der Waals surface area contributed by atoms with Crippen LogP contribution in [0.15, 0.2) is 115 Å². The summed E-state index contributed by atoms with van der Waals surface area (Å²) >= 11 is 4.47. The number of benzene rings is 4. The van der Waals surface area contributed by atoms with Crippen molar-refractivity contribution in [1.82, 2.24) is 0 Å². The van der Waals surface area contributed by atoms with Gasteiger partial charge in [0, 0.05) is 0 Å². The molecule has 0 bridgehead atoms. The number of hydrogen-bond acceptors (Lipinski definition) is 2. The molecule has 0 atom stereocenters. The molecule has 170 valence electrons. The van der Waals surface area contributed by atoms with Crippen LogP contribution in [-0.4, -0.2) is 11.8 Å². The first-order valence-corrected chi connectivity index (χ1v) is 15.8. The van der Waals surface area contributed by atoms with Crippen LogP contribution in [0.5, 0.6) is 0 Å². The molecule has 0 unspecified atom stereocenters. The Morgan fingerprint density at radius 1 is 0.588 bits per heavy atom. The van der Waals surface area contributed by atoms with Crippen LogP contribution < -0.4 is 20.8 Å². The number of nitrogens with zero attached hydrogens (tertiary/aromatic N) is 1. The van der Waals surface area contributed by atoms with Gasteiger partial charge in [0.05, 0.1) is 0 Å². The van der Waals surface area contributed by atoms with Gasteiger partial charge in [-0.25, -0.2) is 0 Å². The Bertz CT molecular complexity index is 1230. The molecule has 1 aliphatic rings. The second-order valence-electron chi connectivity index (χ2n) is 8.60. The van der Waals surface area contributed by atoms with E-state index >= 15 is 0 Å². The fourth-order valence-corrected chi connectivity index (χ4v) is 12.6. The summed E-state index contributed by atoms with van der Waals surface area (Å²) in [6.07, 6.45) is 1.15. The number of carbonyl (C=O) groups is 2. The molecule has 5 rings (SSSR count). The number of para-hydroxylation sites is 1. The van der Waals surface area contributed by atoms with E-state index in [0.29, 0.717) is 11.8 Å². The van der Waals surface area contributed by atoms with Crippen LogP contribution in [0.1, 0.15) is 18.4 Å². The summed E-state index contributed by atoms with van der Waals surface area (Å²) < 4.78 is 0. The minimum atomic E-state index is -3.25. The van der Waals surface area contributed by atoms with Gasteiger partial charge in [0.25, 0.3) is 0 Å². The van der Waals surface area contributed by atoms with Crippen LogP contribution in [0.2, 0.25) is 0 Å². The van der Waals surface area contributed by atoms with Crippen molar-refractivity contribution in [1.29, 1.82) is 0 Å². The minimum absolute atomic E-state index is 0.133. The Balaban J connectivity index is 1.82. The number of amides is 2. The first-order valence-electron chi connectivity index (χ1n) is 11.4. The van der Waals surface area contributed by atoms with Crippen LogP contribution in [-0.2, 0) is 15.8 Å². The van der Waals surface area contributed by atoms with Gasteiger partial charge < -0.3 is 0 Å².